The van der Waals surface area contributed by atoms with Crippen LogP contribution in [-0.4, -0.2) is 54.1 Å². The molecule has 0 atom stereocenters. The molecule has 2 aromatic rings. The number of anilines is 2. The number of hydrogen-bond acceptors (Lipinski definition) is 5. The molecule has 0 radical (unpaired) electrons. The molecule has 2 saturated heterocycles. The summed E-state index contributed by atoms with van der Waals surface area (Å²) in [6.07, 6.45) is 5.40. The minimum Gasteiger partial charge on any atom is -0.356 e. The Morgan fingerprint density at radius 2 is 1.42 bits per heavy atom. The smallest absolute Gasteiger partial charge is 0.134 e. The normalized spacial score (nSPS) is 19.0. The summed E-state index contributed by atoms with van der Waals surface area (Å²) in [5.41, 5.74) is 1.32. The lowest BCUT2D eigenvalue weighted by Crippen LogP contribution is -2.31. The summed E-state index contributed by atoms with van der Waals surface area (Å²) in [5, 5.41) is 0.799. The number of aromatic nitrogens is 2. The van der Waals surface area contributed by atoms with Crippen LogP contribution in [0, 0.1) is 0 Å². The van der Waals surface area contributed by atoms with Gasteiger partial charge in [-0.3, -0.25) is 4.90 Å². The number of rotatable bonds is 4. The third kappa shape index (κ3) is 4.27. The third-order valence-electron chi connectivity index (χ3n) is 5.30. The van der Waals surface area contributed by atoms with Gasteiger partial charge in [0.25, 0.3) is 0 Å². The van der Waals surface area contributed by atoms with Gasteiger partial charge < -0.3 is 9.80 Å². The molecule has 0 amide bonds. The van der Waals surface area contributed by atoms with Crippen LogP contribution in [-0.2, 0) is 6.54 Å². The van der Waals surface area contributed by atoms with Crippen LogP contribution in [0.15, 0.2) is 36.7 Å². The van der Waals surface area contributed by atoms with E-state index in [0.717, 1.165) is 68.9 Å². The van der Waals surface area contributed by atoms with Gasteiger partial charge in [-0.15, -0.1) is 0 Å². The molecule has 138 valence electrons. The fourth-order valence-electron chi connectivity index (χ4n) is 3.84. The van der Waals surface area contributed by atoms with Gasteiger partial charge in [0.2, 0.25) is 0 Å². The molecule has 0 spiro atoms. The number of benzene rings is 1. The molecule has 2 fully saturated rings. The van der Waals surface area contributed by atoms with Crippen molar-refractivity contribution in [2.24, 2.45) is 0 Å². The topological polar surface area (TPSA) is 35.5 Å². The molecular weight excluding hydrogens is 346 g/mol. The fourth-order valence-corrected chi connectivity index (χ4v) is 3.96. The summed E-state index contributed by atoms with van der Waals surface area (Å²) in [6, 6.07) is 10.4. The first-order chi connectivity index (χ1) is 12.8. The van der Waals surface area contributed by atoms with Gasteiger partial charge in [0.15, 0.2) is 0 Å². The highest BCUT2D eigenvalue weighted by Crippen LogP contribution is 2.22. The van der Waals surface area contributed by atoms with Crippen LogP contribution in [0.5, 0.6) is 0 Å². The van der Waals surface area contributed by atoms with Crippen molar-refractivity contribution in [2.45, 2.75) is 25.8 Å². The standard InChI is InChI=1S/C20H26ClN5/c21-18-6-4-17(5-7-18)15-24-8-3-11-26(13-12-24)20-14-19(22-16-23-20)25-9-1-2-10-25/h4-7,14,16H,1-3,8-13,15H2. The molecule has 0 aliphatic carbocycles. The van der Waals surface area contributed by atoms with Crippen LogP contribution in [0.4, 0.5) is 11.6 Å². The fraction of sp³-hybridized carbons (Fsp3) is 0.500. The molecule has 1 aromatic carbocycles. The lowest BCUT2D eigenvalue weighted by Gasteiger charge is -2.24. The molecule has 26 heavy (non-hydrogen) atoms. The van der Waals surface area contributed by atoms with Gasteiger partial charge in [0, 0.05) is 56.9 Å². The summed E-state index contributed by atoms with van der Waals surface area (Å²) in [6.45, 7) is 7.43. The second kappa shape index (κ2) is 8.23. The molecule has 6 heteroatoms. The van der Waals surface area contributed by atoms with E-state index in [9.17, 15) is 0 Å². The Kier molecular flexibility index (Phi) is 5.56. The Labute approximate surface area is 160 Å². The highest BCUT2D eigenvalue weighted by atomic mass is 35.5. The molecular formula is C20H26ClN5. The molecule has 2 aliphatic rings. The highest BCUT2D eigenvalue weighted by molar-refractivity contribution is 6.30. The van der Waals surface area contributed by atoms with Crippen molar-refractivity contribution in [1.82, 2.24) is 14.9 Å². The van der Waals surface area contributed by atoms with Crippen LogP contribution in [0.1, 0.15) is 24.8 Å². The first-order valence-corrected chi connectivity index (χ1v) is 9.94. The largest absolute Gasteiger partial charge is 0.356 e. The Balaban J connectivity index is 1.39. The first kappa shape index (κ1) is 17.6. The Hall–Kier alpha value is -1.85. The summed E-state index contributed by atoms with van der Waals surface area (Å²) >= 11 is 5.99. The zero-order chi connectivity index (χ0) is 17.8. The quantitative estimate of drug-likeness (QED) is 0.822. The second-order valence-electron chi connectivity index (χ2n) is 7.17. The maximum Gasteiger partial charge on any atom is 0.134 e. The van der Waals surface area contributed by atoms with Crippen molar-refractivity contribution in [1.29, 1.82) is 0 Å². The van der Waals surface area contributed by atoms with Crippen molar-refractivity contribution < 1.29 is 0 Å². The Morgan fingerprint density at radius 1 is 0.769 bits per heavy atom. The number of hydrogen-bond donors (Lipinski definition) is 0. The van der Waals surface area contributed by atoms with Crippen molar-refractivity contribution in [3.63, 3.8) is 0 Å². The number of halogens is 1. The zero-order valence-corrected chi connectivity index (χ0v) is 15.9. The molecule has 0 unspecified atom stereocenters. The molecule has 0 N–H and O–H groups in total. The van der Waals surface area contributed by atoms with Gasteiger partial charge in [-0.05, 0) is 37.0 Å². The lowest BCUT2D eigenvalue weighted by molar-refractivity contribution is 0.285. The van der Waals surface area contributed by atoms with Crippen molar-refractivity contribution >= 4 is 23.2 Å². The van der Waals surface area contributed by atoms with Crippen molar-refractivity contribution in [2.75, 3.05) is 49.1 Å². The van der Waals surface area contributed by atoms with Gasteiger partial charge in [-0.25, -0.2) is 9.97 Å². The van der Waals surface area contributed by atoms with E-state index in [1.165, 1.54) is 18.4 Å². The molecule has 2 aliphatic heterocycles. The molecule has 5 nitrogen and oxygen atoms in total. The molecule has 3 heterocycles. The molecule has 0 saturated carbocycles. The van der Waals surface area contributed by atoms with E-state index in [2.05, 4.69) is 42.9 Å². The highest BCUT2D eigenvalue weighted by Gasteiger charge is 2.19. The SMILES string of the molecule is Clc1ccc(CN2CCCN(c3cc(N4CCCC4)ncn3)CC2)cc1. The van der Waals surface area contributed by atoms with E-state index >= 15 is 0 Å². The number of nitrogens with zero attached hydrogens (tertiary/aromatic N) is 5. The van der Waals surface area contributed by atoms with E-state index in [4.69, 9.17) is 11.6 Å². The van der Waals surface area contributed by atoms with Crippen molar-refractivity contribution in [3.8, 4) is 0 Å². The van der Waals surface area contributed by atoms with Crippen molar-refractivity contribution in [3.05, 3.63) is 47.2 Å². The van der Waals surface area contributed by atoms with E-state index < -0.39 is 0 Å². The average molecular weight is 372 g/mol. The van der Waals surface area contributed by atoms with Crippen LogP contribution in [0.3, 0.4) is 0 Å². The van der Waals surface area contributed by atoms with E-state index in [1.807, 2.05) is 12.1 Å². The molecule has 1 aromatic heterocycles. The minimum absolute atomic E-state index is 0.799. The van der Waals surface area contributed by atoms with E-state index in [0.29, 0.717) is 0 Å². The van der Waals surface area contributed by atoms with Gasteiger partial charge in [-0.1, -0.05) is 23.7 Å². The predicted molar refractivity (Wildman–Crippen MR) is 107 cm³/mol. The summed E-state index contributed by atoms with van der Waals surface area (Å²) < 4.78 is 0. The Morgan fingerprint density at radius 3 is 2.15 bits per heavy atom. The summed E-state index contributed by atoms with van der Waals surface area (Å²) in [5.74, 6) is 2.14. The van der Waals surface area contributed by atoms with Crippen LogP contribution >= 0.6 is 11.6 Å². The van der Waals surface area contributed by atoms with Crippen LogP contribution in [0.2, 0.25) is 5.02 Å². The second-order valence-corrected chi connectivity index (χ2v) is 7.61. The average Bonchev–Trinajstić information content (AvgIpc) is 3.11. The van der Waals surface area contributed by atoms with Crippen LogP contribution in [0.25, 0.3) is 0 Å². The summed E-state index contributed by atoms with van der Waals surface area (Å²) in [4.78, 5) is 16.3. The lowest BCUT2D eigenvalue weighted by atomic mass is 10.2. The minimum atomic E-state index is 0.799. The predicted octanol–water partition coefficient (Wildman–Crippen LogP) is 3.44. The molecule has 4 rings (SSSR count). The van der Waals surface area contributed by atoms with E-state index in [1.54, 1.807) is 6.33 Å². The van der Waals surface area contributed by atoms with Gasteiger partial charge in [0.1, 0.15) is 18.0 Å². The molecule has 0 bridgehead atoms. The Bertz CT molecular complexity index is 714. The van der Waals surface area contributed by atoms with Gasteiger partial charge in [0.05, 0.1) is 0 Å². The van der Waals surface area contributed by atoms with E-state index in [-0.39, 0.29) is 0 Å². The maximum absolute atomic E-state index is 5.99. The summed E-state index contributed by atoms with van der Waals surface area (Å²) in [7, 11) is 0. The zero-order valence-electron chi connectivity index (χ0n) is 15.1. The maximum atomic E-state index is 5.99. The van der Waals surface area contributed by atoms with Crippen LogP contribution < -0.4 is 9.80 Å². The third-order valence-corrected chi connectivity index (χ3v) is 5.55. The van der Waals surface area contributed by atoms with Gasteiger partial charge in [-0.2, -0.15) is 0 Å². The van der Waals surface area contributed by atoms with Gasteiger partial charge >= 0.3 is 0 Å². The first-order valence-electron chi connectivity index (χ1n) is 9.57. The monoisotopic (exact) mass is 371 g/mol.